The number of hydrogen-bond acceptors (Lipinski definition) is 3. The van der Waals surface area contributed by atoms with Gasteiger partial charge in [-0.15, -0.1) is 23.7 Å². The number of thiazole rings is 1. The topological polar surface area (TPSA) is 24.9 Å². The molecule has 1 aliphatic heterocycles. The van der Waals surface area contributed by atoms with Crippen LogP contribution in [0.4, 0.5) is 4.39 Å². The van der Waals surface area contributed by atoms with Crippen LogP contribution >= 0.6 is 23.7 Å². The summed E-state index contributed by atoms with van der Waals surface area (Å²) in [5.41, 5.74) is 1.54. The Morgan fingerprint density at radius 1 is 1.45 bits per heavy atom. The van der Waals surface area contributed by atoms with Gasteiger partial charge in [-0.05, 0) is 37.5 Å². The molecule has 2 nitrogen and oxygen atoms in total. The fourth-order valence-corrected chi connectivity index (χ4v) is 3.74. The standard InChI is InChI=1S/C15H17FN2S.ClH/c1-10-3-4-12(7-13(10)16)15(8-11(2)18-9-15)14-17-5-6-19-14;/h3-7,11,18H,8-9H2,1-2H3;1H. The summed E-state index contributed by atoms with van der Waals surface area (Å²) >= 11 is 1.65. The average Bonchev–Trinajstić information content (AvgIpc) is 3.02. The lowest BCUT2D eigenvalue weighted by Crippen LogP contribution is -2.30. The molecule has 1 aromatic heterocycles. The molecular formula is C15H18ClFN2S. The first-order chi connectivity index (χ1) is 9.12. The van der Waals surface area contributed by atoms with E-state index in [2.05, 4.69) is 17.2 Å². The molecule has 3 rings (SSSR count). The van der Waals surface area contributed by atoms with Gasteiger partial charge in [-0.2, -0.15) is 0 Å². The van der Waals surface area contributed by atoms with Gasteiger partial charge in [0.05, 0.1) is 5.41 Å². The predicted octanol–water partition coefficient (Wildman–Crippen LogP) is 3.68. The highest BCUT2D eigenvalue weighted by atomic mass is 35.5. The number of benzene rings is 1. The minimum absolute atomic E-state index is 0. The van der Waals surface area contributed by atoms with Crippen LogP contribution in [0.1, 0.15) is 29.5 Å². The summed E-state index contributed by atoms with van der Waals surface area (Å²) in [7, 11) is 0. The minimum atomic E-state index is -0.178. The molecular weight excluding hydrogens is 295 g/mol. The van der Waals surface area contributed by atoms with Crippen molar-refractivity contribution in [3.05, 3.63) is 51.7 Å². The van der Waals surface area contributed by atoms with Crippen LogP contribution in [-0.4, -0.2) is 17.6 Å². The maximum absolute atomic E-state index is 13.9. The molecule has 1 aliphatic rings. The summed E-state index contributed by atoms with van der Waals surface area (Å²) in [6, 6.07) is 6.01. The average molecular weight is 313 g/mol. The SMILES string of the molecule is Cc1ccc(C2(c3nccs3)CNC(C)C2)cc1F.Cl. The lowest BCUT2D eigenvalue weighted by atomic mass is 9.78. The monoisotopic (exact) mass is 312 g/mol. The summed E-state index contributed by atoms with van der Waals surface area (Å²) in [5, 5.41) is 6.54. The van der Waals surface area contributed by atoms with E-state index in [1.807, 2.05) is 23.7 Å². The van der Waals surface area contributed by atoms with E-state index in [4.69, 9.17) is 0 Å². The first kappa shape index (κ1) is 15.4. The van der Waals surface area contributed by atoms with E-state index >= 15 is 0 Å². The number of aromatic nitrogens is 1. The number of aryl methyl sites for hydroxylation is 1. The number of rotatable bonds is 2. The molecule has 0 saturated carbocycles. The summed E-state index contributed by atoms with van der Waals surface area (Å²) < 4.78 is 13.9. The third-order valence-electron chi connectivity index (χ3n) is 3.97. The van der Waals surface area contributed by atoms with Gasteiger partial charge in [-0.1, -0.05) is 12.1 Å². The van der Waals surface area contributed by atoms with Crippen molar-refractivity contribution in [3.63, 3.8) is 0 Å². The smallest absolute Gasteiger partial charge is 0.126 e. The third-order valence-corrected chi connectivity index (χ3v) is 4.95. The molecule has 0 aliphatic carbocycles. The second-order valence-electron chi connectivity index (χ2n) is 5.37. The molecule has 1 N–H and O–H groups in total. The summed E-state index contributed by atoms with van der Waals surface area (Å²) in [4.78, 5) is 4.49. The molecule has 108 valence electrons. The van der Waals surface area contributed by atoms with Crippen LogP contribution < -0.4 is 5.32 Å². The molecule has 2 unspecified atom stereocenters. The van der Waals surface area contributed by atoms with Gasteiger partial charge in [-0.25, -0.2) is 9.37 Å². The zero-order valence-corrected chi connectivity index (χ0v) is 13.2. The molecule has 5 heteroatoms. The molecule has 2 atom stereocenters. The largest absolute Gasteiger partial charge is 0.313 e. The van der Waals surface area contributed by atoms with Crippen LogP contribution in [-0.2, 0) is 5.41 Å². The molecule has 2 aromatic rings. The lowest BCUT2D eigenvalue weighted by molar-refractivity contribution is 0.541. The molecule has 0 amide bonds. The van der Waals surface area contributed by atoms with Crippen molar-refractivity contribution < 1.29 is 4.39 Å². The highest BCUT2D eigenvalue weighted by molar-refractivity contribution is 7.09. The Bertz CT molecular complexity index is 588. The van der Waals surface area contributed by atoms with Crippen molar-refractivity contribution in [2.24, 2.45) is 0 Å². The highest BCUT2D eigenvalue weighted by Crippen LogP contribution is 2.41. The Morgan fingerprint density at radius 3 is 2.80 bits per heavy atom. The van der Waals surface area contributed by atoms with Crippen LogP contribution in [0.15, 0.2) is 29.8 Å². The van der Waals surface area contributed by atoms with Crippen LogP contribution in [0.5, 0.6) is 0 Å². The van der Waals surface area contributed by atoms with E-state index in [9.17, 15) is 4.39 Å². The van der Waals surface area contributed by atoms with E-state index in [0.717, 1.165) is 23.5 Å². The van der Waals surface area contributed by atoms with Crippen molar-refractivity contribution >= 4 is 23.7 Å². The third kappa shape index (κ3) is 2.48. The Labute approximate surface area is 128 Å². The summed E-state index contributed by atoms with van der Waals surface area (Å²) in [6.45, 7) is 4.79. The van der Waals surface area contributed by atoms with Crippen molar-refractivity contribution in [1.82, 2.24) is 10.3 Å². The molecule has 20 heavy (non-hydrogen) atoms. The van der Waals surface area contributed by atoms with Crippen LogP contribution in [0.25, 0.3) is 0 Å². The minimum Gasteiger partial charge on any atom is -0.313 e. The number of halogens is 2. The van der Waals surface area contributed by atoms with Crippen LogP contribution in [0.3, 0.4) is 0 Å². The van der Waals surface area contributed by atoms with Gasteiger partial charge in [0.25, 0.3) is 0 Å². The van der Waals surface area contributed by atoms with E-state index in [1.54, 1.807) is 24.3 Å². The Morgan fingerprint density at radius 2 is 2.25 bits per heavy atom. The van der Waals surface area contributed by atoms with Crippen molar-refractivity contribution in [3.8, 4) is 0 Å². The van der Waals surface area contributed by atoms with Crippen molar-refractivity contribution in [1.29, 1.82) is 0 Å². The first-order valence-electron chi connectivity index (χ1n) is 6.52. The predicted molar refractivity (Wildman–Crippen MR) is 83.4 cm³/mol. The molecule has 1 fully saturated rings. The van der Waals surface area contributed by atoms with E-state index < -0.39 is 0 Å². The molecule has 1 aromatic carbocycles. The second kappa shape index (κ2) is 5.80. The zero-order chi connectivity index (χ0) is 13.5. The highest BCUT2D eigenvalue weighted by Gasteiger charge is 2.42. The van der Waals surface area contributed by atoms with Gasteiger partial charge in [0.2, 0.25) is 0 Å². The van der Waals surface area contributed by atoms with Crippen molar-refractivity contribution in [2.45, 2.75) is 31.7 Å². The van der Waals surface area contributed by atoms with E-state index in [0.29, 0.717) is 11.6 Å². The molecule has 2 heterocycles. The fraction of sp³-hybridized carbons (Fsp3) is 0.400. The number of nitrogens with zero attached hydrogens (tertiary/aromatic N) is 1. The Kier molecular flexibility index (Phi) is 4.47. The van der Waals surface area contributed by atoms with Gasteiger partial charge in [-0.3, -0.25) is 0 Å². The maximum atomic E-state index is 13.9. The van der Waals surface area contributed by atoms with Crippen molar-refractivity contribution in [2.75, 3.05) is 6.54 Å². The van der Waals surface area contributed by atoms with Gasteiger partial charge in [0.15, 0.2) is 0 Å². The van der Waals surface area contributed by atoms with E-state index in [-0.39, 0.29) is 23.6 Å². The number of hydrogen-bond donors (Lipinski definition) is 1. The molecule has 0 spiro atoms. The Balaban J connectivity index is 0.00000147. The molecule has 1 saturated heterocycles. The van der Waals surface area contributed by atoms with Crippen LogP contribution in [0, 0.1) is 12.7 Å². The summed E-state index contributed by atoms with van der Waals surface area (Å²) in [6.07, 6.45) is 2.79. The lowest BCUT2D eigenvalue weighted by Gasteiger charge is -2.27. The molecule has 0 bridgehead atoms. The van der Waals surface area contributed by atoms with Crippen LogP contribution in [0.2, 0.25) is 0 Å². The summed E-state index contributed by atoms with van der Waals surface area (Å²) in [5.74, 6) is -0.131. The second-order valence-corrected chi connectivity index (χ2v) is 6.26. The quantitative estimate of drug-likeness (QED) is 0.915. The first-order valence-corrected chi connectivity index (χ1v) is 7.40. The Hall–Kier alpha value is -0.970. The maximum Gasteiger partial charge on any atom is 0.126 e. The molecule has 0 radical (unpaired) electrons. The fourth-order valence-electron chi connectivity index (χ4n) is 2.87. The van der Waals surface area contributed by atoms with Gasteiger partial charge < -0.3 is 5.32 Å². The zero-order valence-electron chi connectivity index (χ0n) is 11.5. The number of nitrogens with one attached hydrogen (secondary N) is 1. The van der Waals surface area contributed by atoms with E-state index in [1.165, 1.54) is 0 Å². The van der Waals surface area contributed by atoms with Gasteiger partial charge >= 0.3 is 0 Å². The normalized spacial score (nSPS) is 25.4. The van der Waals surface area contributed by atoms with Gasteiger partial charge in [0, 0.05) is 24.2 Å². The van der Waals surface area contributed by atoms with Gasteiger partial charge in [0.1, 0.15) is 10.8 Å².